The highest BCUT2D eigenvalue weighted by Crippen LogP contribution is 2.31. The summed E-state index contributed by atoms with van der Waals surface area (Å²) in [6.45, 7) is 8.05. The number of furan rings is 1. The lowest BCUT2D eigenvalue weighted by molar-refractivity contribution is -0.0400. The van der Waals surface area contributed by atoms with Crippen LogP contribution in [0.4, 0.5) is 4.79 Å². The van der Waals surface area contributed by atoms with E-state index in [4.69, 9.17) is 14.3 Å². The van der Waals surface area contributed by atoms with Crippen LogP contribution in [0.1, 0.15) is 51.6 Å². The molecule has 0 aliphatic carbocycles. The van der Waals surface area contributed by atoms with Gasteiger partial charge in [-0.2, -0.15) is 0 Å². The summed E-state index contributed by atoms with van der Waals surface area (Å²) in [6, 6.07) is 4.15. The molecule has 6 heteroatoms. The minimum absolute atomic E-state index is 0.0718. The molecule has 3 rings (SSSR count). The van der Waals surface area contributed by atoms with Crippen molar-refractivity contribution >= 4 is 6.09 Å². The molecule has 3 heterocycles. The standard InChI is InChI=1S/C18H28N2O4/c1-18(2,3)24-17(22)20-13-5-4-6-14(20)10-19(9-13)11-15-7-8-16(12-21)23-15/h7-8,13-14,21H,4-6,9-12H2,1-3H3. The molecule has 24 heavy (non-hydrogen) atoms. The predicted octanol–water partition coefficient (Wildman–Crippen LogP) is 2.75. The third kappa shape index (κ3) is 3.92. The van der Waals surface area contributed by atoms with Gasteiger partial charge in [0.25, 0.3) is 0 Å². The Morgan fingerprint density at radius 1 is 1.25 bits per heavy atom. The number of aliphatic hydroxyl groups is 1. The Bertz CT molecular complexity index is 564. The maximum atomic E-state index is 12.6. The van der Waals surface area contributed by atoms with Crippen molar-refractivity contribution in [1.29, 1.82) is 0 Å². The molecule has 2 bridgehead atoms. The molecule has 0 aromatic carbocycles. The first-order chi connectivity index (χ1) is 11.4. The van der Waals surface area contributed by atoms with Crippen LogP contribution in [0, 0.1) is 0 Å². The van der Waals surface area contributed by atoms with Crippen LogP contribution in [0.2, 0.25) is 0 Å². The fraction of sp³-hybridized carbons (Fsp3) is 0.722. The number of aliphatic hydroxyl groups excluding tert-OH is 1. The van der Waals surface area contributed by atoms with Gasteiger partial charge in [-0.15, -0.1) is 0 Å². The van der Waals surface area contributed by atoms with Gasteiger partial charge in [0, 0.05) is 25.2 Å². The SMILES string of the molecule is CC(C)(C)OC(=O)N1C2CCCC1CN(Cc1ccc(CO)o1)C2. The van der Waals surface area contributed by atoms with Crippen LogP contribution in [-0.2, 0) is 17.9 Å². The lowest BCUT2D eigenvalue weighted by Gasteiger charge is -2.49. The van der Waals surface area contributed by atoms with Crippen molar-refractivity contribution in [1.82, 2.24) is 9.80 Å². The monoisotopic (exact) mass is 336 g/mol. The molecule has 0 saturated carbocycles. The first-order valence-corrected chi connectivity index (χ1v) is 8.78. The van der Waals surface area contributed by atoms with Crippen molar-refractivity contribution < 1.29 is 19.1 Å². The fourth-order valence-corrected chi connectivity index (χ4v) is 3.75. The number of nitrogens with zero attached hydrogens (tertiary/aromatic N) is 2. The Morgan fingerprint density at radius 2 is 1.88 bits per heavy atom. The fourth-order valence-electron chi connectivity index (χ4n) is 3.75. The molecule has 2 unspecified atom stereocenters. The highest BCUT2D eigenvalue weighted by molar-refractivity contribution is 5.69. The van der Waals surface area contributed by atoms with Gasteiger partial charge in [0.1, 0.15) is 23.7 Å². The number of carbonyl (C=O) groups excluding carboxylic acids is 1. The molecule has 0 radical (unpaired) electrons. The van der Waals surface area contributed by atoms with E-state index in [1.807, 2.05) is 37.8 Å². The summed E-state index contributed by atoms with van der Waals surface area (Å²) in [4.78, 5) is 16.9. The summed E-state index contributed by atoms with van der Waals surface area (Å²) >= 11 is 0. The molecule has 2 aliphatic rings. The van der Waals surface area contributed by atoms with Crippen molar-refractivity contribution in [3.63, 3.8) is 0 Å². The Balaban J connectivity index is 1.65. The van der Waals surface area contributed by atoms with Gasteiger partial charge >= 0.3 is 6.09 Å². The second kappa shape index (κ2) is 6.76. The number of fused-ring (bicyclic) bond motifs is 2. The maximum Gasteiger partial charge on any atom is 0.410 e. The first kappa shape index (κ1) is 17.3. The quantitative estimate of drug-likeness (QED) is 0.919. The Kier molecular flexibility index (Phi) is 4.88. The second-order valence-corrected chi connectivity index (χ2v) is 7.85. The van der Waals surface area contributed by atoms with Crippen molar-refractivity contribution in [2.24, 2.45) is 0 Å². The van der Waals surface area contributed by atoms with Gasteiger partial charge in [0.15, 0.2) is 0 Å². The molecular formula is C18H28N2O4. The van der Waals surface area contributed by atoms with E-state index >= 15 is 0 Å². The van der Waals surface area contributed by atoms with E-state index in [1.54, 1.807) is 0 Å². The zero-order valence-corrected chi connectivity index (χ0v) is 14.8. The number of hydrogen-bond acceptors (Lipinski definition) is 5. The molecule has 6 nitrogen and oxygen atoms in total. The summed E-state index contributed by atoms with van der Waals surface area (Å²) in [7, 11) is 0. The van der Waals surface area contributed by atoms with Crippen LogP contribution in [-0.4, -0.2) is 51.8 Å². The van der Waals surface area contributed by atoms with E-state index in [2.05, 4.69) is 4.90 Å². The molecule has 1 N–H and O–H groups in total. The summed E-state index contributed by atoms with van der Waals surface area (Å²) in [5.41, 5.74) is -0.461. The van der Waals surface area contributed by atoms with E-state index in [0.717, 1.165) is 44.7 Å². The van der Waals surface area contributed by atoms with Crippen molar-refractivity contribution in [2.45, 2.75) is 70.9 Å². The highest BCUT2D eigenvalue weighted by atomic mass is 16.6. The van der Waals surface area contributed by atoms with Gasteiger partial charge in [0.2, 0.25) is 0 Å². The van der Waals surface area contributed by atoms with E-state index in [0.29, 0.717) is 5.76 Å². The summed E-state index contributed by atoms with van der Waals surface area (Å²) in [5.74, 6) is 1.46. The van der Waals surface area contributed by atoms with Crippen LogP contribution in [0.25, 0.3) is 0 Å². The van der Waals surface area contributed by atoms with Gasteiger partial charge in [-0.05, 0) is 52.2 Å². The van der Waals surface area contributed by atoms with E-state index in [9.17, 15) is 4.79 Å². The molecule has 2 atom stereocenters. The topological polar surface area (TPSA) is 66.2 Å². The normalized spacial score (nSPS) is 24.9. The summed E-state index contributed by atoms with van der Waals surface area (Å²) < 4.78 is 11.2. The van der Waals surface area contributed by atoms with E-state index in [1.165, 1.54) is 0 Å². The van der Waals surface area contributed by atoms with E-state index in [-0.39, 0.29) is 24.8 Å². The third-order valence-corrected chi connectivity index (χ3v) is 4.66. The predicted molar refractivity (Wildman–Crippen MR) is 89.4 cm³/mol. The lowest BCUT2D eigenvalue weighted by atomic mass is 9.91. The van der Waals surface area contributed by atoms with Crippen molar-refractivity contribution in [3.05, 3.63) is 23.7 Å². The number of likely N-dealkylation sites (tertiary alicyclic amines) is 1. The minimum atomic E-state index is -0.461. The molecule has 1 amide bonds. The number of piperazine rings is 1. The van der Waals surface area contributed by atoms with Crippen LogP contribution < -0.4 is 0 Å². The molecular weight excluding hydrogens is 308 g/mol. The van der Waals surface area contributed by atoms with Gasteiger partial charge in [-0.25, -0.2) is 4.79 Å². The number of amides is 1. The molecule has 0 spiro atoms. The highest BCUT2D eigenvalue weighted by Gasteiger charge is 2.41. The van der Waals surface area contributed by atoms with Crippen molar-refractivity contribution in [2.75, 3.05) is 13.1 Å². The maximum absolute atomic E-state index is 12.6. The third-order valence-electron chi connectivity index (χ3n) is 4.66. The number of carbonyl (C=O) groups is 1. The van der Waals surface area contributed by atoms with Crippen LogP contribution >= 0.6 is 0 Å². The number of ether oxygens (including phenoxy) is 1. The van der Waals surface area contributed by atoms with Crippen molar-refractivity contribution in [3.8, 4) is 0 Å². The second-order valence-electron chi connectivity index (χ2n) is 7.85. The van der Waals surface area contributed by atoms with E-state index < -0.39 is 5.60 Å². The van der Waals surface area contributed by atoms with Gasteiger partial charge in [0.05, 0.1) is 6.54 Å². The first-order valence-electron chi connectivity index (χ1n) is 8.78. The van der Waals surface area contributed by atoms with Crippen LogP contribution in [0.15, 0.2) is 16.5 Å². The summed E-state index contributed by atoms with van der Waals surface area (Å²) in [5, 5.41) is 9.11. The lowest BCUT2D eigenvalue weighted by Crippen LogP contribution is -2.62. The Hall–Kier alpha value is -1.53. The molecule has 134 valence electrons. The number of piperidine rings is 1. The average Bonchev–Trinajstić information content (AvgIpc) is 2.92. The number of hydrogen-bond donors (Lipinski definition) is 1. The zero-order chi connectivity index (χ0) is 17.3. The van der Waals surface area contributed by atoms with Gasteiger partial charge in [-0.3, -0.25) is 9.80 Å². The smallest absolute Gasteiger partial charge is 0.410 e. The molecule has 2 aliphatic heterocycles. The van der Waals surface area contributed by atoms with Crippen LogP contribution in [0.5, 0.6) is 0 Å². The van der Waals surface area contributed by atoms with Gasteiger partial charge < -0.3 is 14.3 Å². The number of rotatable bonds is 3. The minimum Gasteiger partial charge on any atom is -0.462 e. The van der Waals surface area contributed by atoms with Crippen LogP contribution in [0.3, 0.4) is 0 Å². The Morgan fingerprint density at radius 3 is 2.42 bits per heavy atom. The average molecular weight is 336 g/mol. The molecule has 1 aromatic heterocycles. The van der Waals surface area contributed by atoms with Gasteiger partial charge in [-0.1, -0.05) is 0 Å². The molecule has 2 fully saturated rings. The molecule has 1 aromatic rings. The largest absolute Gasteiger partial charge is 0.462 e. The Labute approximate surface area is 143 Å². The summed E-state index contributed by atoms with van der Waals surface area (Å²) in [6.07, 6.45) is 3.02. The molecule has 2 saturated heterocycles. The zero-order valence-electron chi connectivity index (χ0n) is 14.8.